The molecule has 0 aliphatic heterocycles. The number of hydrogen-bond donors (Lipinski definition) is 1. The van der Waals surface area contributed by atoms with Gasteiger partial charge in [0, 0.05) is 24.5 Å². The number of halogens is 2. The second kappa shape index (κ2) is 10.5. The van der Waals surface area contributed by atoms with E-state index in [0.717, 1.165) is 37.9 Å². The molecule has 0 radical (unpaired) electrons. The van der Waals surface area contributed by atoms with Crippen molar-refractivity contribution in [2.24, 2.45) is 0 Å². The first kappa shape index (κ1) is 22.8. The number of anilines is 1. The summed E-state index contributed by atoms with van der Waals surface area (Å²) in [4.78, 5) is 15.4. The van der Waals surface area contributed by atoms with Gasteiger partial charge in [0.1, 0.15) is 0 Å². The number of carbonyl (C=O) groups is 1. The van der Waals surface area contributed by atoms with E-state index in [4.69, 9.17) is 23.2 Å². The van der Waals surface area contributed by atoms with Crippen LogP contribution in [0, 0.1) is 6.92 Å². The van der Waals surface area contributed by atoms with Crippen LogP contribution >= 0.6 is 23.2 Å². The van der Waals surface area contributed by atoms with Gasteiger partial charge in [-0.25, -0.2) is 4.79 Å². The van der Waals surface area contributed by atoms with Crippen molar-refractivity contribution in [3.63, 3.8) is 0 Å². The van der Waals surface area contributed by atoms with Gasteiger partial charge >= 0.3 is 6.03 Å². The van der Waals surface area contributed by atoms with E-state index in [9.17, 15) is 4.79 Å². The van der Waals surface area contributed by atoms with Crippen molar-refractivity contribution < 1.29 is 4.79 Å². The van der Waals surface area contributed by atoms with Crippen molar-refractivity contribution in [1.29, 1.82) is 0 Å². The Balaban J connectivity index is 1.57. The van der Waals surface area contributed by atoms with Crippen molar-refractivity contribution in [1.82, 2.24) is 9.47 Å². The van der Waals surface area contributed by atoms with Gasteiger partial charge in [-0.1, -0.05) is 72.8 Å². The van der Waals surface area contributed by atoms with Crippen LogP contribution in [-0.2, 0) is 13.1 Å². The molecule has 2 amide bonds. The number of rotatable bonds is 6. The van der Waals surface area contributed by atoms with Gasteiger partial charge in [-0.15, -0.1) is 0 Å². The molecule has 0 spiro atoms. The molecular weight excluding hydrogens is 441 g/mol. The topological polar surface area (TPSA) is 37.3 Å². The Morgan fingerprint density at radius 2 is 1.81 bits per heavy atom. The van der Waals surface area contributed by atoms with E-state index in [1.165, 1.54) is 17.5 Å². The number of amides is 2. The average molecular weight is 470 g/mol. The molecule has 6 heteroatoms. The van der Waals surface area contributed by atoms with Gasteiger partial charge in [0.25, 0.3) is 0 Å². The van der Waals surface area contributed by atoms with Gasteiger partial charge < -0.3 is 14.8 Å². The molecule has 1 fully saturated rings. The first-order valence-electron chi connectivity index (χ1n) is 11.2. The number of hydrogen-bond acceptors (Lipinski definition) is 1. The monoisotopic (exact) mass is 469 g/mol. The Bertz CT molecular complexity index is 1070. The molecule has 1 aliphatic carbocycles. The summed E-state index contributed by atoms with van der Waals surface area (Å²) in [6.45, 7) is 3.47. The van der Waals surface area contributed by atoms with Gasteiger partial charge in [0.15, 0.2) is 0 Å². The van der Waals surface area contributed by atoms with Crippen LogP contribution in [0.25, 0.3) is 0 Å². The molecule has 2 aromatic carbocycles. The number of carbonyl (C=O) groups excluding carboxylic acids is 1. The first-order valence-corrected chi connectivity index (χ1v) is 12.0. The van der Waals surface area contributed by atoms with E-state index in [-0.39, 0.29) is 12.1 Å². The van der Waals surface area contributed by atoms with Crippen molar-refractivity contribution in [3.05, 3.63) is 87.7 Å². The maximum atomic E-state index is 13.4. The molecule has 1 heterocycles. The minimum absolute atomic E-state index is 0.135. The fraction of sp³-hybridized carbons (Fsp3) is 0.346. The van der Waals surface area contributed by atoms with Gasteiger partial charge in [-0.05, 0) is 55.2 Å². The summed E-state index contributed by atoms with van der Waals surface area (Å²) in [6.07, 6.45) is 7.67. The number of benzene rings is 2. The van der Waals surface area contributed by atoms with Crippen LogP contribution in [0.2, 0.25) is 10.0 Å². The van der Waals surface area contributed by atoms with E-state index in [0.29, 0.717) is 22.3 Å². The van der Waals surface area contributed by atoms with Crippen LogP contribution in [0.3, 0.4) is 0 Å². The van der Waals surface area contributed by atoms with Crippen LogP contribution in [0.1, 0.15) is 48.9 Å². The number of aromatic nitrogens is 1. The lowest BCUT2D eigenvalue weighted by molar-refractivity contribution is 0.161. The minimum Gasteiger partial charge on any atom is -0.345 e. The van der Waals surface area contributed by atoms with E-state index < -0.39 is 0 Å². The van der Waals surface area contributed by atoms with Gasteiger partial charge in [-0.3, -0.25) is 0 Å². The number of urea groups is 1. The molecular formula is C26H29Cl2N3O. The highest BCUT2D eigenvalue weighted by molar-refractivity contribution is 6.43. The van der Waals surface area contributed by atoms with Crippen LogP contribution < -0.4 is 5.32 Å². The Hall–Kier alpha value is -2.43. The van der Waals surface area contributed by atoms with Crippen molar-refractivity contribution in [2.75, 3.05) is 5.32 Å². The summed E-state index contributed by atoms with van der Waals surface area (Å²) >= 11 is 12.5. The molecule has 0 unspecified atom stereocenters. The predicted octanol–water partition coefficient (Wildman–Crippen LogP) is 7.52. The lowest BCUT2D eigenvalue weighted by Gasteiger charge is -2.34. The van der Waals surface area contributed by atoms with Crippen molar-refractivity contribution >= 4 is 34.9 Å². The van der Waals surface area contributed by atoms with Crippen LogP contribution in [-0.4, -0.2) is 21.5 Å². The van der Waals surface area contributed by atoms with Gasteiger partial charge in [0.05, 0.1) is 22.3 Å². The highest BCUT2D eigenvalue weighted by Crippen LogP contribution is 2.31. The zero-order chi connectivity index (χ0) is 22.5. The quantitative estimate of drug-likeness (QED) is 0.398. The van der Waals surface area contributed by atoms with Gasteiger partial charge in [0.2, 0.25) is 0 Å². The Labute approximate surface area is 200 Å². The Morgan fingerprint density at radius 1 is 1.03 bits per heavy atom. The Morgan fingerprint density at radius 3 is 2.59 bits per heavy atom. The molecule has 1 N–H and O–H groups in total. The third-order valence-electron chi connectivity index (χ3n) is 6.33. The molecule has 32 heavy (non-hydrogen) atoms. The second-order valence-corrected chi connectivity index (χ2v) is 9.29. The summed E-state index contributed by atoms with van der Waals surface area (Å²) in [6, 6.07) is 18.0. The van der Waals surface area contributed by atoms with Crippen molar-refractivity contribution in [3.8, 4) is 0 Å². The SMILES string of the molecule is Cc1ccccc1Cn1cccc1CN(C(=O)Nc1cccc(Cl)c1Cl)C1CCCCC1. The number of nitrogens with zero attached hydrogens (tertiary/aromatic N) is 2. The molecule has 0 saturated heterocycles. The van der Waals surface area contributed by atoms with E-state index in [1.54, 1.807) is 18.2 Å². The normalized spacial score (nSPS) is 14.3. The summed E-state index contributed by atoms with van der Waals surface area (Å²) in [7, 11) is 0. The van der Waals surface area contributed by atoms with Crippen LogP contribution in [0.15, 0.2) is 60.8 Å². The molecule has 4 nitrogen and oxygen atoms in total. The first-order chi connectivity index (χ1) is 15.5. The minimum atomic E-state index is -0.135. The molecule has 1 saturated carbocycles. The molecule has 1 aromatic heterocycles. The van der Waals surface area contributed by atoms with E-state index in [1.807, 2.05) is 4.90 Å². The lowest BCUT2D eigenvalue weighted by Crippen LogP contribution is -2.43. The molecule has 0 atom stereocenters. The lowest BCUT2D eigenvalue weighted by atomic mass is 9.94. The van der Waals surface area contributed by atoms with Crippen LogP contribution in [0.4, 0.5) is 10.5 Å². The second-order valence-electron chi connectivity index (χ2n) is 8.51. The highest BCUT2D eigenvalue weighted by Gasteiger charge is 2.27. The zero-order valence-corrected chi connectivity index (χ0v) is 19.9. The third kappa shape index (κ3) is 5.31. The highest BCUT2D eigenvalue weighted by atomic mass is 35.5. The predicted molar refractivity (Wildman–Crippen MR) is 133 cm³/mol. The largest absolute Gasteiger partial charge is 0.345 e. The molecule has 0 bridgehead atoms. The number of aryl methyl sites for hydroxylation is 1. The molecule has 168 valence electrons. The van der Waals surface area contributed by atoms with E-state index >= 15 is 0 Å². The number of nitrogens with one attached hydrogen (secondary N) is 1. The molecule has 4 rings (SSSR count). The molecule has 3 aromatic rings. The zero-order valence-electron chi connectivity index (χ0n) is 18.4. The average Bonchev–Trinajstić information content (AvgIpc) is 3.24. The fourth-order valence-corrected chi connectivity index (χ4v) is 4.79. The van der Waals surface area contributed by atoms with Crippen molar-refractivity contribution in [2.45, 2.75) is 58.2 Å². The smallest absolute Gasteiger partial charge is 0.322 e. The van der Waals surface area contributed by atoms with E-state index in [2.05, 4.69) is 59.4 Å². The summed E-state index contributed by atoms with van der Waals surface area (Å²) in [5, 5.41) is 3.80. The summed E-state index contributed by atoms with van der Waals surface area (Å²) in [5.74, 6) is 0. The standard InChI is InChI=1S/C26H29Cl2N3O/c1-19-9-5-6-10-20(19)17-30-16-8-13-22(30)18-31(21-11-3-2-4-12-21)26(32)29-24-15-7-14-23(27)25(24)28/h5-10,13-16,21H,2-4,11-12,17-18H2,1H3,(H,29,32). The Kier molecular flexibility index (Phi) is 7.44. The fourth-order valence-electron chi connectivity index (χ4n) is 4.44. The summed E-state index contributed by atoms with van der Waals surface area (Å²) in [5.41, 5.74) is 4.21. The van der Waals surface area contributed by atoms with Gasteiger partial charge in [-0.2, -0.15) is 0 Å². The molecule has 1 aliphatic rings. The maximum Gasteiger partial charge on any atom is 0.322 e. The van der Waals surface area contributed by atoms with Crippen LogP contribution in [0.5, 0.6) is 0 Å². The third-order valence-corrected chi connectivity index (χ3v) is 7.15. The summed E-state index contributed by atoms with van der Waals surface area (Å²) < 4.78 is 2.23. The maximum absolute atomic E-state index is 13.4.